The van der Waals surface area contributed by atoms with E-state index in [0.29, 0.717) is 12.1 Å². The number of rotatable bonds is 5. The van der Waals surface area contributed by atoms with E-state index in [-0.39, 0.29) is 29.9 Å². The van der Waals surface area contributed by atoms with Crippen LogP contribution >= 0.6 is 0 Å². The SMILES string of the molecule is O=C(NC1CCC(O)CC1)c1ccc(CNC(=O)C2CCCCC2)cc1. The smallest absolute Gasteiger partial charge is 0.251 e. The number of amides is 2. The summed E-state index contributed by atoms with van der Waals surface area (Å²) in [6.07, 6.45) is 8.52. The minimum Gasteiger partial charge on any atom is -0.393 e. The van der Waals surface area contributed by atoms with Crippen LogP contribution in [0, 0.1) is 5.92 Å². The molecule has 3 rings (SSSR count). The van der Waals surface area contributed by atoms with Crippen molar-refractivity contribution >= 4 is 11.8 Å². The molecule has 5 heteroatoms. The minimum absolute atomic E-state index is 0.0656. The lowest BCUT2D eigenvalue weighted by Gasteiger charge is -2.26. The monoisotopic (exact) mass is 358 g/mol. The Morgan fingerprint density at radius 3 is 2.23 bits per heavy atom. The van der Waals surface area contributed by atoms with Crippen molar-refractivity contribution in [3.05, 3.63) is 35.4 Å². The third-order valence-corrected chi connectivity index (χ3v) is 5.69. The van der Waals surface area contributed by atoms with Gasteiger partial charge < -0.3 is 15.7 Å². The molecule has 2 fully saturated rings. The van der Waals surface area contributed by atoms with Gasteiger partial charge in [0.05, 0.1) is 6.10 Å². The molecule has 2 saturated carbocycles. The second kappa shape index (κ2) is 9.17. The van der Waals surface area contributed by atoms with Crippen LogP contribution in [-0.4, -0.2) is 29.1 Å². The predicted molar refractivity (Wildman–Crippen MR) is 101 cm³/mol. The van der Waals surface area contributed by atoms with Gasteiger partial charge in [-0.25, -0.2) is 0 Å². The van der Waals surface area contributed by atoms with Gasteiger partial charge in [-0.15, -0.1) is 0 Å². The lowest BCUT2D eigenvalue weighted by molar-refractivity contribution is -0.126. The molecule has 5 nitrogen and oxygen atoms in total. The molecule has 3 N–H and O–H groups in total. The number of carbonyl (C=O) groups is 2. The Labute approximate surface area is 155 Å². The zero-order valence-electron chi connectivity index (χ0n) is 15.4. The van der Waals surface area contributed by atoms with Crippen molar-refractivity contribution in [1.82, 2.24) is 10.6 Å². The third kappa shape index (κ3) is 5.31. The van der Waals surface area contributed by atoms with Crippen LogP contribution in [0.5, 0.6) is 0 Å². The largest absolute Gasteiger partial charge is 0.393 e. The van der Waals surface area contributed by atoms with E-state index >= 15 is 0 Å². The average Bonchev–Trinajstić information content (AvgIpc) is 2.69. The molecule has 0 bridgehead atoms. The molecule has 2 amide bonds. The Bertz CT molecular complexity index is 600. The van der Waals surface area contributed by atoms with Gasteiger partial charge >= 0.3 is 0 Å². The fraction of sp³-hybridized carbons (Fsp3) is 0.619. The second-order valence-electron chi connectivity index (χ2n) is 7.73. The molecule has 0 unspecified atom stereocenters. The molecule has 0 heterocycles. The average molecular weight is 358 g/mol. The molecule has 0 saturated heterocycles. The van der Waals surface area contributed by atoms with Crippen molar-refractivity contribution < 1.29 is 14.7 Å². The van der Waals surface area contributed by atoms with Gasteiger partial charge in [0, 0.05) is 24.1 Å². The number of nitrogens with one attached hydrogen (secondary N) is 2. The van der Waals surface area contributed by atoms with Crippen LogP contribution in [0.2, 0.25) is 0 Å². The highest BCUT2D eigenvalue weighted by atomic mass is 16.3. The molecule has 0 radical (unpaired) electrons. The highest BCUT2D eigenvalue weighted by molar-refractivity contribution is 5.94. The van der Waals surface area contributed by atoms with Crippen LogP contribution in [0.25, 0.3) is 0 Å². The van der Waals surface area contributed by atoms with Crippen molar-refractivity contribution in [3.8, 4) is 0 Å². The van der Waals surface area contributed by atoms with E-state index in [2.05, 4.69) is 10.6 Å². The first kappa shape index (κ1) is 18.9. The molecular formula is C21H30N2O3. The molecule has 2 aliphatic rings. The number of aliphatic hydroxyl groups is 1. The highest BCUT2D eigenvalue weighted by Crippen LogP contribution is 2.23. The Kier molecular flexibility index (Phi) is 6.67. The summed E-state index contributed by atoms with van der Waals surface area (Å²) in [7, 11) is 0. The first-order valence-electron chi connectivity index (χ1n) is 9.97. The van der Waals surface area contributed by atoms with Gasteiger partial charge in [0.1, 0.15) is 0 Å². The van der Waals surface area contributed by atoms with E-state index in [9.17, 15) is 14.7 Å². The quantitative estimate of drug-likeness (QED) is 0.757. The molecule has 0 spiro atoms. The highest BCUT2D eigenvalue weighted by Gasteiger charge is 2.22. The second-order valence-corrected chi connectivity index (χ2v) is 7.73. The van der Waals surface area contributed by atoms with Crippen molar-refractivity contribution in [2.24, 2.45) is 5.92 Å². The maximum Gasteiger partial charge on any atom is 0.251 e. The molecule has 142 valence electrons. The third-order valence-electron chi connectivity index (χ3n) is 5.69. The Hall–Kier alpha value is -1.88. The summed E-state index contributed by atoms with van der Waals surface area (Å²) in [6, 6.07) is 7.59. The van der Waals surface area contributed by atoms with Crippen LogP contribution in [0.15, 0.2) is 24.3 Å². The first-order valence-corrected chi connectivity index (χ1v) is 9.97. The van der Waals surface area contributed by atoms with Crippen LogP contribution in [0.3, 0.4) is 0 Å². The van der Waals surface area contributed by atoms with Crippen LogP contribution in [-0.2, 0) is 11.3 Å². The summed E-state index contributed by atoms with van der Waals surface area (Å²) in [6.45, 7) is 0.512. The molecule has 2 aliphatic carbocycles. The predicted octanol–water partition coefficient (Wildman–Crippen LogP) is 2.92. The number of carbonyl (C=O) groups excluding carboxylic acids is 2. The van der Waals surface area contributed by atoms with E-state index in [1.54, 1.807) is 0 Å². The summed E-state index contributed by atoms with van der Waals surface area (Å²) in [4.78, 5) is 24.5. The number of benzene rings is 1. The Morgan fingerprint density at radius 2 is 1.58 bits per heavy atom. The zero-order valence-corrected chi connectivity index (χ0v) is 15.4. The maximum atomic E-state index is 12.3. The fourth-order valence-corrected chi connectivity index (χ4v) is 3.96. The van der Waals surface area contributed by atoms with Gasteiger partial charge in [-0.3, -0.25) is 9.59 Å². The van der Waals surface area contributed by atoms with E-state index in [1.807, 2.05) is 24.3 Å². The van der Waals surface area contributed by atoms with Gasteiger partial charge in [0.25, 0.3) is 5.91 Å². The lowest BCUT2D eigenvalue weighted by Crippen LogP contribution is -2.38. The first-order chi connectivity index (χ1) is 12.6. The number of aliphatic hydroxyl groups excluding tert-OH is 1. The topological polar surface area (TPSA) is 78.4 Å². The molecule has 0 aliphatic heterocycles. The minimum atomic E-state index is -0.216. The van der Waals surface area contributed by atoms with Gasteiger partial charge in [-0.2, -0.15) is 0 Å². The number of hydrogen-bond acceptors (Lipinski definition) is 3. The van der Waals surface area contributed by atoms with Gasteiger partial charge in [-0.05, 0) is 56.2 Å². The Balaban J connectivity index is 1.45. The normalized spacial score (nSPS) is 24.0. The van der Waals surface area contributed by atoms with Crippen LogP contribution in [0.4, 0.5) is 0 Å². The molecular weight excluding hydrogens is 328 g/mol. The van der Waals surface area contributed by atoms with Gasteiger partial charge in [-0.1, -0.05) is 31.4 Å². The maximum absolute atomic E-state index is 12.3. The van der Waals surface area contributed by atoms with E-state index in [0.717, 1.165) is 56.9 Å². The molecule has 0 aromatic heterocycles. The van der Waals surface area contributed by atoms with Gasteiger partial charge in [0.2, 0.25) is 5.91 Å². The Morgan fingerprint density at radius 1 is 0.923 bits per heavy atom. The summed E-state index contributed by atoms with van der Waals surface area (Å²) in [5.41, 5.74) is 1.64. The van der Waals surface area contributed by atoms with Crippen LogP contribution < -0.4 is 10.6 Å². The standard InChI is InChI=1S/C21H30N2O3/c24-19-12-10-18(11-13-19)23-21(26)17-8-6-15(7-9-17)14-22-20(25)16-4-2-1-3-5-16/h6-9,16,18-19,24H,1-5,10-14H2,(H,22,25)(H,23,26). The van der Waals surface area contributed by atoms with E-state index in [1.165, 1.54) is 6.42 Å². The molecule has 26 heavy (non-hydrogen) atoms. The lowest BCUT2D eigenvalue weighted by atomic mass is 9.88. The van der Waals surface area contributed by atoms with Gasteiger partial charge in [0.15, 0.2) is 0 Å². The fourth-order valence-electron chi connectivity index (χ4n) is 3.96. The molecule has 1 aromatic carbocycles. The van der Waals surface area contributed by atoms with E-state index in [4.69, 9.17) is 0 Å². The zero-order chi connectivity index (χ0) is 18.4. The summed E-state index contributed by atoms with van der Waals surface area (Å²) in [5.74, 6) is 0.262. The van der Waals surface area contributed by atoms with Crippen LogP contribution in [0.1, 0.15) is 73.7 Å². The molecule has 0 atom stereocenters. The van der Waals surface area contributed by atoms with Crippen molar-refractivity contribution in [3.63, 3.8) is 0 Å². The summed E-state index contributed by atoms with van der Waals surface area (Å²) < 4.78 is 0. The summed E-state index contributed by atoms with van der Waals surface area (Å²) >= 11 is 0. The molecule has 1 aromatic rings. The summed E-state index contributed by atoms with van der Waals surface area (Å²) in [5, 5.41) is 15.6. The van der Waals surface area contributed by atoms with Crippen molar-refractivity contribution in [1.29, 1.82) is 0 Å². The number of hydrogen-bond donors (Lipinski definition) is 3. The van der Waals surface area contributed by atoms with Crippen molar-refractivity contribution in [2.75, 3.05) is 0 Å². The van der Waals surface area contributed by atoms with E-state index < -0.39 is 0 Å². The van der Waals surface area contributed by atoms with Crippen molar-refractivity contribution in [2.45, 2.75) is 76.5 Å².